The number of carbonyl (C=O) groups is 3. The van der Waals surface area contributed by atoms with Crippen LogP contribution in [0.4, 0.5) is 64.4 Å². The Balaban J connectivity index is 0.000000366. The molecule has 0 aliphatic heterocycles. The van der Waals surface area contributed by atoms with Crippen LogP contribution in [-0.4, -0.2) is 56.4 Å². The second-order valence-corrected chi connectivity index (χ2v) is 28.2. The normalized spacial score (nSPS) is 11.7. The maximum absolute atomic E-state index is 13.5. The van der Waals surface area contributed by atoms with Gasteiger partial charge in [-0.1, -0.05) is 144 Å². The number of benzene rings is 6. The molecule has 538 valence electrons. The molecule has 10 rings (SSSR count). The van der Waals surface area contributed by atoms with E-state index in [1.54, 1.807) is 73.1 Å². The second kappa shape index (κ2) is 35.7. The third-order valence-electron chi connectivity index (χ3n) is 16.4. The predicted molar refractivity (Wildman–Crippen MR) is 415 cm³/mol. The van der Waals surface area contributed by atoms with Crippen molar-refractivity contribution in [3.63, 3.8) is 0 Å². The van der Waals surface area contributed by atoms with Crippen LogP contribution in [0.5, 0.6) is 5.75 Å². The zero-order chi connectivity index (χ0) is 75.6. The van der Waals surface area contributed by atoms with Crippen LogP contribution >= 0.6 is 12.2 Å². The third-order valence-corrected chi connectivity index (χ3v) is 16.4. The van der Waals surface area contributed by atoms with Gasteiger partial charge in [0.25, 0.3) is 19.4 Å². The van der Waals surface area contributed by atoms with Crippen molar-refractivity contribution in [1.29, 1.82) is 5.41 Å². The van der Waals surface area contributed by atoms with E-state index in [2.05, 4.69) is 256 Å². The molecule has 0 saturated heterocycles. The van der Waals surface area contributed by atoms with Crippen molar-refractivity contribution in [2.24, 2.45) is 0 Å². The quantitative estimate of drug-likeness (QED) is 0.0233. The van der Waals surface area contributed by atoms with Gasteiger partial charge < -0.3 is 40.1 Å². The van der Waals surface area contributed by atoms with Crippen LogP contribution < -0.4 is 19.4 Å². The molecule has 105 heavy (non-hydrogen) atoms. The van der Waals surface area contributed by atoms with Crippen molar-refractivity contribution >= 4 is 112 Å². The molecule has 0 bridgehead atoms. The van der Waals surface area contributed by atoms with E-state index >= 15 is 0 Å². The fourth-order valence-corrected chi connectivity index (χ4v) is 10.9. The van der Waals surface area contributed by atoms with Crippen molar-refractivity contribution in [2.45, 2.75) is 111 Å². The molecular weight excluding hydrogens is 1440 g/mol. The third kappa shape index (κ3) is 22.1. The smallest absolute Gasteiger partial charge is 0.753 e. The maximum Gasteiger partial charge on any atom is 2.00 e. The number of hydrogen-bond acceptors (Lipinski definition) is 15. The van der Waals surface area contributed by atoms with Gasteiger partial charge in [0.1, 0.15) is 11.5 Å². The fourth-order valence-electron chi connectivity index (χ4n) is 10.9. The number of halogens is 3. The summed E-state index contributed by atoms with van der Waals surface area (Å²) >= 11 is 3.70. The predicted octanol–water partition coefficient (Wildman–Crippen LogP) is 22.3. The molecule has 0 atom stereocenters. The van der Waals surface area contributed by atoms with Gasteiger partial charge in [0.15, 0.2) is 0 Å². The first-order valence-corrected chi connectivity index (χ1v) is 33.4. The van der Waals surface area contributed by atoms with Gasteiger partial charge in [0.05, 0.1) is 35.3 Å². The monoisotopic (exact) mass is 1520 g/mol. The Labute approximate surface area is 630 Å². The van der Waals surface area contributed by atoms with E-state index in [0.29, 0.717) is 54.0 Å². The van der Waals surface area contributed by atoms with Gasteiger partial charge in [-0.3, -0.25) is 34.7 Å². The molecular formula is C84H81F3N10O6RuS. The Morgan fingerprint density at radius 2 is 0.743 bits per heavy atom. The number of allylic oxidation sites excluding steroid dienone is 1. The Bertz CT molecular complexity index is 4370. The summed E-state index contributed by atoms with van der Waals surface area (Å²) in [7, 11) is 0. The molecule has 0 radical (unpaired) electrons. The minimum absolute atomic E-state index is 0. The minimum Gasteiger partial charge on any atom is -0.753 e. The molecule has 21 heteroatoms. The molecule has 6 aromatic carbocycles. The molecule has 0 aliphatic rings. The van der Waals surface area contributed by atoms with Crippen molar-refractivity contribution in [3.8, 4) is 28.5 Å². The number of aromatic nitrogens is 4. The van der Waals surface area contributed by atoms with Gasteiger partial charge >= 0.3 is 25.7 Å². The van der Waals surface area contributed by atoms with E-state index in [1.165, 1.54) is 46.1 Å². The van der Waals surface area contributed by atoms with Crippen molar-refractivity contribution in [3.05, 3.63) is 282 Å². The van der Waals surface area contributed by atoms with Gasteiger partial charge in [0, 0.05) is 87.6 Å². The molecule has 4 aromatic heterocycles. The van der Waals surface area contributed by atoms with Crippen LogP contribution in [0.1, 0.15) is 122 Å². The van der Waals surface area contributed by atoms with E-state index in [-0.39, 0.29) is 52.6 Å². The van der Waals surface area contributed by atoms with E-state index in [9.17, 15) is 27.6 Å². The van der Waals surface area contributed by atoms with Gasteiger partial charge in [-0.25, -0.2) is 4.98 Å². The van der Waals surface area contributed by atoms with Crippen LogP contribution in [-0.2, 0) is 65.0 Å². The first-order chi connectivity index (χ1) is 49.3. The second-order valence-electron chi connectivity index (χ2n) is 28.0. The molecule has 0 aliphatic carbocycles. The molecule has 4 heterocycles. The zero-order valence-electron chi connectivity index (χ0n) is 60.2. The molecule has 10 aromatic rings. The SMILES string of the molecule is CC(C)(C)c1ccc(N(c2ccc(N(c3ccc(N(c4ccc(C(C)(C)C)cc4)c4ccc(C(C)(C)C)cc4)cc3)c3ccnc(/C([NH-])=C/C(=N)C(F)(F)F)c3)cc2)c2ccc(C(C)(C)C)cc2)cc1.O=CO/C=C/c1ccnc(-c2cc(OC=O)cc(-c3cc(/C=C/OC=O)ccn3)n2)c1.[N-]=C=S.[Ru+2]. The summed E-state index contributed by atoms with van der Waals surface area (Å²) in [6, 6.07) is 64.5. The minimum atomic E-state index is -4.90. The van der Waals surface area contributed by atoms with Crippen molar-refractivity contribution in [2.75, 3.05) is 14.7 Å². The number of rotatable bonds is 21. The first kappa shape index (κ1) is 80.9. The van der Waals surface area contributed by atoms with Crippen molar-refractivity contribution < 1.29 is 61.2 Å². The summed E-state index contributed by atoms with van der Waals surface area (Å²) in [5.41, 5.74) is 22.6. The van der Waals surface area contributed by atoms with Crippen molar-refractivity contribution in [1.82, 2.24) is 19.9 Å². The fraction of sp³-hybridized carbons (Fsp3) is 0.202. The summed E-state index contributed by atoms with van der Waals surface area (Å²) < 4.78 is 54.5. The largest absolute Gasteiger partial charge is 2.00 e. The number of ether oxygens (including phenoxy) is 3. The topological polar surface area (TPSA) is 210 Å². The summed E-state index contributed by atoms with van der Waals surface area (Å²) in [6.45, 7) is 27.4. The van der Waals surface area contributed by atoms with Gasteiger partial charge in [0.2, 0.25) is 0 Å². The molecule has 0 spiro atoms. The Morgan fingerprint density at radius 3 is 1.03 bits per heavy atom. The summed E-state index contributed by atoms with van der Waals surface area (Å²) in [6.07, 6.45) is 5.89. The van der Waals surface area contributed by atoms with Gasteiger partial charge in [-0.2, -0.15) is 18.3 Å². The number of alkyl halides is 3. The number of nitrogens with one attached hydrogen (secondary N) is 2. The Hall–Kier alpha value is -11.4. The van der Waals surface area contributed by atoms with Crippen LogP contribution in [0.3, 0.4) is 0 Å². The number of carbonyl (C=O) groups excluding carboxylic acids is 3. The maximum atomic E-state index is 13.5. The average molecular weight is 1520 g/mol. The molecule has 0 saturated carbocycles. The first-order valence-electron chi connectivity index (χ1n) is 33.0. The molecule has 16 nitrogen and oxygen atoms in total. The van der Waals surface area contributed by atoms with E-state index in [1.807, 2.05) is 29.2 Å². The number of nitrogens with zero attached hydrogens (tertiary/aromatic N) is 8. The van der Waals surface area contributed by atoms with E-state index < -0.39 is 17.6 Å². The summed E-state index contributed by atoms with van der Waals surface area (Å²) in [5.74, 6) is 0.258. The number of isothiocyanates is 1. The van der Waals surface area contributed by atoms with Crippen LogP contribution in [0.15, 0.2) is 231 Å². The molecule has 0 amide bonds. The number of pyridine rings is 4. The number of thiocarbonyl (C=S) groups is 1. The Morgan fingerprint density at radius 1 is 0.448 bits per heavy atom. The molecule has 0 fully saturated rings. The van der Waals surface area contributed by atoms with E-state index in [4.69, 9.17) is 21.3 Å². The molecule has 2 N–H and O–H groups in total. The molecule has 0 unspecified atom stereocenters. The summed E-state index contributed by atoms with van der Waals surface area (Å²) in [4.78, 5) is 55.4. The average Bonchev–Trinajstić information content (AvgIpc) is 0.797. The summed E-state index contributed by atoms with van der Waals surface area (Å²) in [5, 5.41) is 16.0. The van der Waals surface area contributed by atoms with Crippen LogP contribution in [0, 0.1) is 5.41 Å². The van der Waals surface area contributed by atoms with Crippen LogP contribution in [0.25, 0.3) is 51.8 Å². The Kier molecular flexibility index (Phi) is 27.5. The van der Waals surface area contributed by atoms with Crippen LogP contribution in [0.2, 0.25) is 0 Å². The number of hydrogen-bond donors (Lipinski definition) is 1. The van der Waals surface area contributed by atoms with E-state index in [0.717, 1.165) is 56.6 Å². The standard InChI is InChI=1S/C61H66F3N6.C22H15N3O6.CNS.Ru/c1-57(2,3)41-13-21-45(22-14-41)68(46-23-15-42(16-24-46)58(4,5)6)49-29-33-51(34-30-49)70(53-37-38-67-55(39-53)54(65)40-56(66)61(62,63)64)52-35-31-50(32-36-52)69(47-25-17-43(18-26-47)59(7,8)9)48-27-19-44(20-28-48)60(10,11)12;26-13-29-7-3-16-1-5-23-19(9-16)21-11-18(31-15-28)12-22(25-21)20-10-17(2-6-24-20)4-8-30-14-27;2-1-3;/h13-40,65-66H,1-12H3;1-15H;;/q-1;;-1;+2/b54-40-,66-56?;7-3+,8-4+;;. The van der Waals surface area contributed by atoms with Gasteiger partial charge in [-0.05, 0) is 207 Å². The number of anilines is 9. The van der Waals surface area contributed by atoms with Gasteiger partial charge in [-0.15, -0.1) is 5.70 Å². The zero-order valence-corrected chi connectivity index (χ0v) is 62.8.